The molecule has 4 aromatic rings. The van der Waals surface area contributed by atoms with Crippen LogP contribution in [0, 0.1) is 11.6 Å². The molecule has 240 valence electrons. The van der Waals surface area contributed by atoms with Crippen molar-refractivity contribution in [2.45, 2.75) is 44.9 Å². The molecule has 1 aromatic heterocycles. The summed E-state index contributed by atoms with van der Waals surface area (Å²) in [5, 5.41) is 34.4. The third kappa shape index (κ3) is 7.92. The number of hydrogen-bond acceptors (Lipinski definition) is 7. The fraction of sp³-hybridized carbons (Fsp3) is 0.229. The number of nitrogens with one attached hydrogen (secondary N) is 1. The molecule has 2 atom stereocenters. The lowest BCUT2D eigenvalue weighted by Crippen LogP contribution is -2.29. The first-order valence-corrected chi connectivity index (χ1v) is 14.4. The van der Waals surface area contributed by atoms with Crippen LogP contribution in [0.5, 0.6) is 0 Å². The third-order valence-corrected chi connectivity index (χ3v) is 7.17. The second-order valence-corrected chi connectivity index (χ2v) is 10.9. The molecule has 0 unspecified atom stereocenters. The highest BCUT2D eigenvalue weighted by Crippen LogP contribution is 2.43. The first-order chi connectivity index (χ1) is 21.9. The number of carbonyl (C=O) groups is 3. The van der Waals surface area contributed by atoms with E-state index in [9.17, 15) is 38.5 Å². The number of nitrogens with zero attached hydrogens (tertiary/aromatic N) is 1. The Hall–Kier alpha value is -5.13. The van der Waals surface area contributed by atoms with Crippen LogP contribution in [-0.2, 0) is 9.53 Å². The van der Waals surface area contributed by atoms with E-state index >= 15 is 0 Å². The molecule has 3 N–H and O–H groups in total. The molecule has 0 radical (unpaired) electrons. The van der Waals surface area contributed by atoms with Gasteiger partial charge in [0.15, 0.2) is 0 Å². The van der Waals surface area contributed by atoms with Gasteiger partial charge < -0.3 is 34.7 Å². The van der Waals surface area contributed by atoms with E-state index in [1.54, 1.807) is 16.7 Å². The van der Waals surface area contributed by atoms with Crippen molar-refractivity contribution < 1.29 is 43.2 Å². The number of methoxy groups -OCH3 is 1. The van der Waals surface area contributed by atoms with Crippen molar-refractivity contribution in [2.75, 3.05) is 12.4 Å². The zero-order chi connectivity index (χ0) is 33.5. The Morgan fingerprint density at radius 2 is 1.52 bits per heavy atom. The minimum Gasteiger partial charge on any atom is -0.550 e. The van der Waals surface area contributed by atoms with Crippen molar-refractivity contribution >= 4 is 29.6 Å². The minimum atomic E-state index is -1.47. The number of esters is 1. The van der Waals surface area contributed by atoms with Crippen LogP contribution in [0.15, 0.2) is 78.9 Å². The largest absolute Gasteiger partial charge is 0.550 e. The van der Waals surface area contributed by atoms with Crippen LogP contribution in [0.2, 0.25) is 0 Å². The monoisotopic (exact) mass is 631 g/mol. The number of rotatable bonds is 12. The molecule has 0 aliphatic heterocycles. The van der Waals surface area contributed by atoms with Gasteiger partial charge in [-0.25, -0.2) is 13.6 Å². The summed E-state index contributed by atoms with van der Waals surface area (Å²) in [6, 6.07) is 16.9. The summed E-state index contributed by atoms with van der Waals surface area (Å²) in [5.74, 6) is -3.63. The van der Waals surface area contributed by atoms with Gasteiger partial charge in [-0.2, -0.15) is 0 Å². The Morgan fingerprint density at radius 3 is 2.07 bits per heavy atom. The molecule has 0 spiro atoms. The standard InChI is InChI=1S/C35H34F2N2O7/c1-20(2)39-29(16-15-27(40)18-28(41)19-30(42)43)31(21-7-11-24(36)12-8-21)32(22-9-13-25(37)14-10-22)33(39)34(44)38-26-6-4-5-23(17-26)35(45)46-3/h4-17,20,27-28,40-41H,18-19H2,1-3H3,(H,38,44)(H,42,43)/p-1/b16-15+/t27-,28-/m1/s1. The van der Waals surface area contributed by atoms with Gasteiger partial charge in [0.05, 0.1) is 24.9 Å². The van der Waals surface area contributed by atoms with Crippen molar-refractivity contribution in [3.63, 3.8) is 0 Å². The normalized spacial score (nSPS) is 12.7. The van der Waals surface area contributed by atoms with Gasteiger partial charge in [0.1, 0.15) is 17.3 Å². The number of aliphatic hydroxyl groups excluding tert-OH is 2. The summed E-state index contributed by atoms with van der Waals surface area (Å²) in [7, 11) is 1.24. The maximum absolute atomic E-state index is 14.2. The number of halogens is 2. The first kappa shape index (κ1) is 33.8. The first-order valence-electron chi connectivity index (χ1n) is 14.4. The van der Waals surface area contributed by atoms with Crippen LogP contribution in [0.4, 0.5) is 14.5 Å². The second kappa shape index (κ2) is 14.8. The predicted octanol–water partition coefficient (Wildman–Crippen LogP) is 4.99. The number of carboxylic acid groups (broad SMARTS) is 1. The summed E-state index contributed by atoms with van der Waals surface area (Å²) in [4.78, 5) is 37.3. The van der Waals surface area contributed by atoms with Crippen molar-refractivity contribution in [3.8, 4) is 22.3 Å². The number of anilines is 1. The van der Waals surface area contributed by atoms with Crippen molar-refractivity contribution in [1.82, 2.24) is 4.57 Å². The molecular formula is C35H33F2N2O7-. The highest BCUT2D eigenvalue weighted by molar-refractivity contribution is 6.12. The van der Waals surface area contributed by atoms with E-state index in [1.807, 2.05) is 13.8 Å². The van der Waals surface area contributed by atoms with Crippen LogP contribution in [0.3, 0.4) is 0 Å². The fourth-order valence-corrected chi connectivity index (χ4v) is 5.20. The van der Waals surface area contributed by atoms with Gasteiger partial charge in [0, 0.05) is 47.4 Å². The van der Waals surface area contributed by atoms with E-state index in [1.165, 1.54) is 79.9 Å². The van der Waals surface area contributed by atoms with Gasteiger partial charge in [-0.1, -0.05) is 36.4 Å². The summed E-state index contributed by atoms with van der Waals surface area (Å²) in [5.41, 5.74) is 2.90. The number of carbonyl (C=O) groups excluding carboxylic acids is 3. The molecule has 0 aliphatic rings. The SMILES string of the molecule is COC(=O)c1cccc(NC(=O)c2c(-c3ccc(F)cc3)c(-c3ccc(F)cc3)c(/C=C/[C@@H](O)C[C@@H](O)CC(=O)[O-])n2C(C)C)c1. The van der Waals surface area contributed by atoms with E-state index in [-0.39, 0.29) is 23.7 Å². The van der Waals surface area contributed by atoms with Crippen LogP contribution >= 0.6 is 0 Å². The lowest BCUT2D eigenvalue weighted by molar-refractivity contribution is -0.307. The molecule has 3 aromatic carbocycles. The maximum atomic E-state index is 14.2. The molecule has 0 bridgehead atoms. The summed E-state index contributed by atoms with van der Waals surface area (Å²) >= 11 is 0. The topological polar surface area (TPSA) is 141 Å². The molecule has 9 nitrogen and oxygen atoms in total. The van der Waals surface area contributed by atoms with Crippen LogP contribution in [0.25, 0.3) is 28.3 Å². The number of amides is 1. The Balaban J connectivity index is 1.97. The molecule has 4 rings (SSSR count). The van der Waals surface area contributed by atoms with Crippen LogP contribution < -0.4 is 10.4 Å². The van der Waals surface area contributed by atoms with Gasteiger partial charge in [-0.05, 0) is 73.5 Å². The van der Waals surface area contributed by atoms with E-state index in [4.69, 9.17) is 4.74 Å². The second-order valence-electron chi connectivity index (χ2n) is 10.9. The molecule has 1 heterocycles. The molecule has 0 saturated heterocycles. The van der Waals surface area contributed by atoms with Crippen molar-refractivity contribution in [1.29, 1.82) is 0 Å². The lowest BCUT2D eigenvalue weighted by Gasteiger charge is -2.18. The number of aromatic nitrogens is 1. The van der Waals surface area contributed by atoms with E-state index in [2.05, 4.69) is 5.32 Å². The molecule has 11 heteroatoms. The average molecular weight is 632 g/mol. The van der Waals surface area contributed by atoms with E-state index in [0.29, 0.717) is 33.6 Å². The molecule has 0 aliphatic carbocycles. The summed E-state index contributed by atoms with van der Waals surface area (Å²) < 4.78 is 34.7. The number of hydrogen-bond donors (Lipinski definition) is 3. The maximum Gasteiger partial charge on any atom is 0.337 e. The molecule has 0 saturated carbocycles. The summed E-state index contributed by atoms with van der Waals surface area (Å²) in [6.07, 6.45) is -0.710. The average Bonchev–Trinajstić information content (AvgIpc) is 3.35. The number of aliphatic hydroxyl groups is 2. The smallest absolute Gasteiger partial charge is 0.337 e. The quantitative estimate of drug-likeness (QED) is 0.187. The van der Waals surface area contributed by atoms with Gasteiger partial charge in [0.2, 0.25) is 0 Å². The fourth-order valence-electron chi connectivity index (χ4n) is 5.20. The predicted molar refractivity (Wildman–Crippen MR) is 167 cm³/mol. The summed E-state index contributed by atoms with van der Waals surface area (Å²) in [6.45, 7) is 3.66. The molecule has 1 amide bonds. The number of carboxylic acids is 1. The molecule has 46 heavy (non-hydrogen) atoms. The highest BCUT2D eigenvalue weighted by Gasteiger charge is 2.30. The zero-order valence-corrected chi connectivity index (χ0v) is 25.4. The Kier molecular flexibility index (Phi) is 10.8. The lowest BCUT2D eigenvalue weighted by atomic mass is 9.94. The zero-order valence-electron chi connectivity index (χ0n) is 25.4. The number of benzene rings is 3. The van der Waals surface area contributed by atoms with Gasteiger partial charge >= 0.3 is 5.97 Å². The Bertz CT molecular complexity index is 1750. The van der Waals surface area contributed by atoms with E-state index < -0.39 is 48.1 Å². The Labute approximate surface area is 264 Å². The van der Waals surface area contributed by atoms with E-state index in [0.717, 1.165) is 0 Å². The van der Waals surface area contributed by atoms with Crippen molar-refractivity contribution in [2.24, 2.45) is 0 Å². The van der Waals surface area contributed by atoms with Gasteiger partial charge in [-0.3, -0.25) is 4.79 Å². The Morgan fingerprint density at radius 1 is 0.935 bits per heavy atom. The highest BCUT2D eigenvalue weighted by atomic mass is 19.1. The number of aliphatic carboxylic acids is 1. The van der Waals surface area contributed by atoms with Crippen LogP contribution in [-0.4, -0.2) is 51.9 Å². The molecule has 0 fully saturated rings. The third-order valence-electron chi connectivity index (χ3n) is 7.17. The van der Waals surface area contributed by atoms with Gasteiger partial charge in [-0.15, -0.1) is 0 Å². The van der Waals surface area contributed by atoms with Crippen LogP contribution in [0.1, 0.15) is 59.3 Å². The number of ether oxygens (including phenoxy) is 1. The minimum absolute atomic E-state index is 0.149. The van der Waals surface area contributed by atoms with Crippen molar-refractivity contribution in [3.05, 3.63) is 107 Å². The van der Waals surface area contributed by atoms with Gasteiger partial charge in [0.25, 0.3) is 5.91 Å². The molecular weight excluding hydrogens is 598 g/mol.